The number of carbonyl (C=O) groups is 1. The van der Waals surface area contributed by atoms with Crippen molar-refractivity contribution < 1.29 is 44.5 Å². The lowest BCUT2D eigenvalue weighted by atomic mass is 9.81. The molecule has 6 atom stereocenters. The van der Waals surface area contributed by atoms with Crippen molar-refractivity contribution in [3.05, 3.63) is 70.8 Å². The number of benzene rings is 2. The summed E-state index contributed by atoms with van der Waals surface area (Å²) in [5.41, 5.74) is 2.48. The SMILES string of the molecule is C=Cc1cc(COC(C)=O)cc([C@@]2(O)O[C@H]([C@H](C)O)[C@@H](O)[C@H](O)[C@H]2O)c1Cc1ccc(OC)cc1. The van der Waals surface area contributed by atoms with Crippen molar-refractivity contribution in [3.63, 3.8) is 0 Å². The number of hydrogen-bond acceptors (Lipinski definition) is 9. The minimum absolute atomic E-state index is 0.0805. The summed E-state index contributed by atoms with van der Waals surface area (Å²) in [7, 11) is 1.56. The Hall–Kier alpha value is -2.79. The lowest BCUT2D eigenvalue weighted by Crippen LogP contribution is -2.65. The van der Waals surface area contributed by atoms with Gasteiger partial charge >= 0.3 is 5.97 Å². The molecule has 0 bridgehead atoms. The maximum Gasteiger partial charge on any atom is 0.302 e. The molecule has 0 saturated carbocycles. The van der Waals surface area contributed by atoms with Gasteiger partial charge in [0.1, 0.15) is 36.8 Å². The van der Waals surface area contributed by atoms with Crippen LogP contribution in [0.1, 0.15) is 41.7 Å². The van der Waals surface area contributed by atoms with Gasteiger partial charge in [-0.3, -0.25) is 4.79 Å². The van der Waals surface area contributed by atoms with Gasteiger partial charge in [-0.2, -0.15) is 0 Å². The molecule has 3 rings (SSSR count). The molecule has 0 unspecified atom stereocenters. The highest BCUT2D eigenvalue weighted by atomic mass is 16.7. The van der Waals surface area contributed by atoms with E-state index in [-0.39, 0.29) is 18.6 Å². The Labute approximate surface area is 203 Å². The quantitative estimate of drug-likeness (QED) is 0.344. The average Bonchev–Trinajstić information content (AvgIpc) is 2.84. The van der Waals surface area contributed by atoms with Crippen molar-refractivity contribution in [3.8, 4) is 5.75 Å². The molecule has 9 nitrogen and oxygen atoms in total. The van der Waals surface area contributed by atoms with Gasteiger partial charge in [0, 0.05) is 12.5 Å². The van der Waals surface area contributed by atoms with E-state index in [0.29, 0.717) is 22.4 Å². The normalized spacial score (nSPS) is 27.2. The molecule has 2 aromatic rings. The highest BCUT2D eigenvalue weighted by Gasteiger charge is 2.55. The number of hydrogen-bond donors (Lipinski definition) is 5. The third kappa shape index (κ3) is 5.56. The van der Waals surface area contributed by atoms with Crippen molar-refractivity contribution in [1.82, 2.24) is 0 Å². The van der Waals surface area contributed by atoms with Gasteiger partial charge in [0.2, 0.25) is 5.79 Å². The third-order valence-corrected chi connectivity index (χ3v) is 6.13. The summed E-state index contributed by atoms with van der Waals surface area (Å²) in [6, 6.07) is 10.5. The van der Waals surface area contributed by atoms with E-state index in [0.717, 1.165) is 5.56 Å². The molecular weight excluding hydrogens is 456 g/mol. The van der Waals surface area contributed by atoms with E-state index in [1.165, 1.54) is 19.9 Å². The number of ether oxygens (including phenoxy) is 3. The average molecular weight is 489 g/mol. The van der Waals surface area contributed by atoms with Gasteiger partial charge in [-0.05, 0) is 59.9 Å². The monoisotopic (exact) mass is 488 g/mol. The third-order valence-electron chi connectivity index (χ3n) is 6.13. The van der Waals surface area contributed by atoms with Crippen LogP contribution in [0, 0.1) is 0 Å². The van der Waals surface area contributed by atoms with Gasteiger partial charge in [0.05, 0.1) is 13.2 Å². The predicted octanol–water partition coefficient (Wildman–Crippen LogP) is 0.999. The second-order valence-electron chi connectivity index (χ2n) is 8.67. The van der Waals surface area contributed by atoms with Gasteiger partial charge in [-0.15, -0.1) is 0 Å². The molecule has 1 aliphatic heterocycles. The fourth-order valence-electron chi connectivity index (χ4n) is 4.24. The van der Waals surface area contributed by atoms with Gasteiger partial charge in [0.25, 0.3) is 0 Å². The summed E-state index contributed by atoms with van der Waals surface area (Å²) in [5.74, 6) is -2.35. The van der Waals surface area contributed by atoms with E-state index >= 15 is 0 Å². The summed E-state index contributed by atoms with van der Waals surface area (Å²) in [5, 5.41) is 53.5. The Morgan fingerprint density at radius 2 is 1.83 bits per heavy atom. The van der Waals surface area contributed by atoms with Crippen LogP contribution in [0.3, 0.4) is 0 Å². The molecular formula is C26H32O9. The number of aliphatic hydroxyl groups excluding tert-OH is 4. The summed E-state index contributed by atoms with van der Waals surface area (Å²) >= 11 is 0. The molecule has 1 aliphatic rings. The summed E-state index contributed by atoms with van der Waals surface area (Å²) < 4.78 is 16.0. The Morgan fingerprint density at radius 1 is 1.17 bits per heavy atom. The Bertz CT molecular complexity index is 1050. The summed E-state index contributed by atoms with van der Waals surface area (Å²) in [6.45, 7) is 6.33. The molecule has 0 spiro atoms. The van der Waals surface area contributed by atoms with Gasteiger partial charge < -0.3 is 39.7 Å². The lowest BCUT2D eigenvalue weighted by Gasteiger charge is -2.47. The van der Waals surface area contributed by atoms with Crippen LogP contribution < -0.4 is 4.74 Å². The molecule has 0 amide bonds. The van der Waals surface area contributed by atoms with E-state index in [2.05, 4.69) is 6.58 Å². The molecule has 9 heteroatoms. The molecule has 0 aromatic heterocycles. The first-order valence-corrected chi connectivity index (χ1v) is 11.2. The van der Waals surface area contributed by atoms with E-state index in [4.69, 9.17) is 14.2 Å². The first kappa shape index (κ1) is 26.8. The summed E-state index contributed by atoms with van der Waals surface area (Å²) in [6.07, 6.45) is -6.25. The fraction of sp³-hybridized carbons (Fsp3) is 0.423. The van der Waals surface area contributed by atoms with Crippen molar-refractivity contribution in [2.45, 2.75) is 63.2 Å². The van der Waals surface area contributed by atoms with Crippen molar-refractivity contribution >= 4 is 12.0 Å². The molecule has 35 heavy (non-hydrogen) atoms. The fourth-order valence-corrected chi connectivity index (χ4v) is 4.24. The van der Waals surface area contributed by atoms with E-state index in [9.17, 15) is 30.3 Å². The van der Waals surface area contributed by atoms with Crippen molar-refractivity contribution in [2.24, 2.45) is 0 Å². The molecule has 5 N–H and O–H groups in total. The van der Waals surface area contributed by atoms with E-state index < -0.39 is 42.3 Å². The van der Waals surface area contributed by atoms with Gasteiger partial charge in [0.15, 0.2) is 0 Å². The number of carbonyl (C=O) groups excluding carboxylic acids is 1. The van der Waals surface area contributed by atoms with Crippen LogP contribution >= 0.6 is 0 Å². The van der Waals surface area contributed by atoms with E-state index in [1.54, 1.807) is 31.4 Å². The molecule has 190 valence electrons. The van der Waals surface area contributed by atoms with Crippen LogP contribution in [0.2, 0.25) is 0 Å². The van der Waals surface area contributed by atoms with Crippen LogP contribution in [0.15, 0.2) is 43.0 Å². The minimum atomic E-state index is -2.51. The highest BCUT2D eigenvalue weighted by Crippen LogP contribution is 2.41. The van der Waals surface area contributed by atoms with Gasteiger partial charge in [-0.25, -0.2) is 0 Å². The summed E-state index contributed by atoms with van der Waals surface area (Å²) in [4.78, 5) is 11.4. The Kier molecular flexibility index (Phi) is 8.32. The number of esters is 1. The number of methoxy groups -OCH3 is 1. The second-order valence-corrected chi connectivity index (χ2v) is 8.67. The Morgan fingerprint density at radius 3 is 2.37 bits per heavy atom. The lowest BCUT2D eigenvalue weighted by molar-refractivity contribution is -0.364. The van der Waals surface area contributed by atoms with Crippen LogP contribution in [0.4, 0.5) is 0 Å². The Balaban J connectivity index is 2.18. The van der Waals surface area contributed by atoms with Crippen LogP contribution in [0.25, 0.3) is 6.08 Å². The molecule has 1 fully saturated rings. The molecule has 1 saturated heterocycles. The smallest absolute Gasteiger partial charge is 0.302 e. The highest BCUT2D eigenvalue weighted by molar-refractivity contribution is 5.66. The molecule has 0 aliphatic carbocycles. The zero-order chi connectivity index (χ0) is 25.9. The molecule has 2 aromatic carbocycles. The maximum absolute atomic E-state index is 11.7. The maximum atomic E-state index is 11.7. The van der Waals surface area contributed by atoms with Crippen LogP contribution in [-0.4, -0.2) is 69.1 Å². The predicted molar refractivity (Wildman–Crippen MR) is 126 cm³/mol. The van der Waals surface area contributed by atoms with E-state index in [1.807, 2.05) is 12.1 Å². The van der Waals surface area contributed by atoms with Crippen LogP contribution in [-0.2, 0) is 33.1 Å². The van der Waals surface area contributed by atoms with Gasteiger partial charge in [-0.1, -0.05) is 24.8 Å². The molecule has 0 radical (unpaired) electrons. The standard InChI is InChI=1S/C26H32O9/c1-5-18-10-17(13-34-15(3)28)12-21(20(18)11-16-6-8-19(33-4)9-7-16)26(32)25(31)23(30)22(29)24(35-26)14(2)27/h5-10,12,14,22-25,27,29-32H,1,11,13H2,2-4H3/t14-,22-,23-,24+,25+,26+/m0/s1. The largest absolute Gasteiger partial charge is 0.497 e. The first-order chi connectivity index (χ1) is 16.5. The minimum Gasteiger partial charge on any atom is -0.497 e. The zero-order valence-electron chi connectivity index (χ0n) is 19.9. The number of rotatable bonds is 8. The second kappa shape index (κ2) is 10.9. The topological polar surface area (TPSA) is 146 Å². The number of aliphatic hydroxyl groups is 5. The van der Waals surface area contributed by atoms with Crippen LogP contribution in [0.5, 0.6) is 5.75 Å². The van der Waals surface area contributed by atoms with Crippen molar-refractivity contribution in [2.75, 3.05) is 7.11 Å². The molecule has 1 heterocycles. The first-order valence-electron chi connectivity index (χ1n) is 11.2. The zero-order valence-corrected chi connectivity index (χ0v) is 19.9. The van der Waals surface area contributed by atoms with Crippen molar-refractivity contribution in [1.29, 1.82) is 0 Å².